The van der Waals surface area contributed by atoms with Gasteiger partial charge in [-0.1, -0.05) is 25.4 Å². The van der Waals surface area contributed by atoms with Crippen LogP contribution in [0, 0.1) is 0 Å². The van der Waals surface area contributed by atoms with Gasteiger partial charge in [-0.15, -0.1) is 0 Å². The number of thioether (sulfide) groups is 1. The molecule has 0 unspecified atom stereocenters. The molecule has 2 aromatic rings. The molecule has 0 radical (unpaired) electrons. The zero-order valence-corrected chi connectivity index (χ0v) is 17.6. The van der Waals surface area contributed by atoms with Crippen molar-refractivity contribution in [2.45, 2.75) is 25.4 Å². The predicted molar refractivity (Wildman–Crippen MR) is 113 cm³/mol. The number of rotatable bonds is 7. The van der Waals surface area contributed by atoms with E-state index in [0.29, 0.717) is 23.9 Å². The lowest BCUT2D eigenvalue weighted by molar-refractivity contribution is -0.136. The Morgan fingerprint density at radius 3 is 2.57 bits per heavy atom. The van der Waals surface area contributed by atoms with Gasteiger partial charge in [0.15, 0.2) is 0 Å². The number of hydrogen-bond acceptors (Lipinski definition) is 5. The highest BCUT2D eigenvalue weighted by Gasteiger charge is 2.26. The third-order valence-electron chi connectivity index (χ3n) is 4.67. The van der Waals surface area contributed by atoms with Crippen molar-refractivity contribution in [1.29, 1.82) is 0 Å². The molecule has 1 aliphatic heterocycles. The van der Waals surface area contributed by atoms with Crippen LogP contribution >= 0.6 is 23.4 Å². The first-order valence-corrected chi connectivity index (χ1v) is 10.8. The average Bonchev–Trinajstić information content (AvgIpc) is 3.28. The molecule has 0 spiro atoms. The quantitative estimate of drug-likeness (QED) is 0.672. The molecule has 1 aromatic carbocycles. The molecule has 0 bridgehead atoms. The van der Waals surface area contributed by atoms with Crippen LogP contribution < -0.4 is 10.6 Å². The van der Waals surface area contributed by atoms with Crippen molar-refractivity contribution in [3.8, 4) is 5.69 Å². The summed E-state index contributed by atoms with van der Waals surface area (Å²) in [5.74, 6) is 0.757. The number of halogens is 1. The van der Waals surface area contributed by atoms with Crippen LogP contribution in [-0.2, 0) is 21.1 Å². The highest BCUT2D eigenvalue weighted by Crippen LogP contribution is 2.36. The maximum atomic E-state index is 12.5. The lowest BCUT2D eigenvalue weighted by atomic mass is 10.2. The first-order chi connectivity index (χ1) is 13.5. The van der Waals surface area contributed by atoms with Gasteiger partial charge in [-0.05, 0) is 37.4 Å². The molecule has 0 aliphatic carbocycles. The summed E-state index contributed by atoms with van der Waals surface area (Å²) in [6.07, 6.45) is 0. The van der Waals surface area contributed by atoms with Gasteiger partial charge in [-0.3, -0.25) is 9.59 Å². The lowest BCUT2D eigenvalue weighted by Crippen LogP contribution is -2.40. The van der Waals surface area contributed by atoms with E-state index in [-0.39, 0.29) is 0 Å². The monoisotopic (exact) mass is 421 g/mol. The number of amides is 2. The second-order valence-electron chi connectivity index (χ2n) is 6.39. The number of aromatic nitrogens is 2. The van der Waals surface area contributed by atoms with E-state index in [2.05, 4.69) is 34.5 Å². The Morgan fingerprint density at radius 2 is 1.89 bits per heavy atom. The molecule has 0 saturated heterocycles. The van der Waals surface area contributed by atoms with E-state index < -0.39 is 11.8 Å². The molecular weight excluding hydrogens is 398 g/mol. The van der Waals surface area contributed by atoms with Crippen LogP contribution in [0.15, 0.2) is 24.3 Å². The standard InChI is InChI=1S/C19H24ClN5O2S/c1-3-24(4-2)10-9-21-18(26)19(27)22-17-15-11-28-12-16(15)23-25(17)14-7-5-13(20)6-8-14/h5-8H,3-4,9-12H2,1-2H3,(H,21,26)(H,22,27). The van der Waals surface area contributed by atoms with Gasteiger partial charge in [-0.25, -0.2) is 4.68 Å². The van der Waals surface area contributed by atoms with Crippen molar-refractivity contribution in [3.63, 3.8) is 0 Å². The van der Waals surface area contributed by atoms with Crippen molar-refractivity contribution in [1.82, 2.24) is 20.0 Å². The highest BCUT2D eigenvalue weighted by atomic mass is 35.5. The summed E-state index contributed by atoms with van der Waals surface area (Å²) in [5.41, 5.74) is 2.67. The zero-order valence-electron chi connectivity index (χ0n) is 16.0. The number of nitrogens with zero attached hydrogens (tertiary/aromatic N) is 3. The molecule has 9 heteroatoms. The van der Waals surface area contributed by atoms with Gasteiger partial charge in [0.2, 0.25) is 0 Å². The Morgan fingerprint density at radius 1 is 1.18 bits per heavy atom. The largest absolute Gasteiger partial charge is 0.347 e. The molecule has 2 N–H and O–H groups in total. The Hall–Kier alpha value is -2.03. The Kier molecular flexibility index (Phi) is 6.98. The second-order valence-corrected chi connectivity index (χ2v) is 7.81. The van der Waals surface area contributed by atoms with Crippen LogP contribution in [0.1, 0.15) is 25.1 Å². The Balaban J connectivity index is 1.72. The molecular formula is C19H24ClN5O2S. The fourth-order valence-corrected chi connectivity index (χ4v) is 4.18. The van der Waals surface area contributed by atoms with Crippen molar-refractivity contribution in [3.05, 3.63) is 40.5 Å². The number of carbonyl (C=O) groups excluding carboxylic acids is 2. The molecule has 2 heterocycles. The fraction of sp³-hybridized carbons (Fsp3) is 0.421. The number of hydrogen-bond donors (Lipinski definition) is 2. The molecule has 0 atom stereocenters. The lowest BCUT2D eigenvalue weighted by Gasteiger charge is -2.17. The van der Waals surface area contributed by atoms with Gasteiger partial charge < -0.3 is 15.5 Å². The molecule has 0 fully saturated rings. The number of carbonyl (C=O) groups is 2. The third-order valence-corrected chi connectivity index (χ3v) is 5.89. The van der Waals surface area contributed by atoms with Crippen LogP contribution in [-0.4, -0.2) is 52.7 Å². The Labute approximate surface area is 173 Å². The van der Waals surface area contributed by atoms with E-state index in [1.165, 1.54) is 0 Å². The van der Waals surface area contributed by atoms with Crippen LogP contribution in [0.2, 0.25) is 5.02 Å². The van der Waals surface area contributed by atoms with E-state index >= 15 is 0 Å². The van der Waals surface area contributed by atoms with Gasteiger partial charge in [-0.2, -0.15) is 16.9 Å². The third kappa shape index (κ3) is 4.68. The minimum atomic E-state index is -0.686. The SMILES string of the molecule is CCN(CC)CCNC(=O)C(=O)Nc1c2c(nn1-c1ccc(Cl)cc1)CSC2. The van der Waals surface area contributed by atoms with E-state index in [1.54, 1.807) is 28.6 Å². The van der Waals surface area contributed by atoms with Crippen LogP contribution in [0.25, 0.3) is 5.69 Å². The summed E-state index contributed by atoms with van der Waals surface area (Å²) >= 11 is 7.71. The van der Waals surface area contributed by atoms with Crippen molar-refractivity contribution in [2.24, 2.45) is 0 Å². The van der Waals surface area contributed by atoms with E-state index in [1.807, 2.05) is 12.1 Å². The molecule has 150 valence electrons. The van der Waals surface area contributed by atoms with Gasteiger partial charge in [0.1, 0.15) is 5.82 Å². The molecule has 1 aromatic heterocycles. The molecule has 3 rings (SSSR count). The Bertz CT molecular complexity index is 849. The number of nitrogens with one attached hydrogen (secondary N) is 2. The van der Waals surface area contributed by atoms with Crippen LogP contribution in [0.4, 0.5) is 5.82 Å². The van der Waals surface area contributed by atoms with Crippen molar-refractivity contribution in [2.75, 3.05) is 31.5 Å². The molecule has 0 saturated carbocycles. The topological polar surface area (TPSA) is 79.3 Å². The molecule has 1 aliphatic rings. The zero-order chi connectivity index (χ0) is 20.1. The summed E-state index contributed by atoms with van der Waals surface area (Å²) in [5, 5.41) is 10.7. The van der Waals surface area contributed by atoms with Crippen LogP contribution in [0.3, 0.4) is 0 Å². The summed E-state index contributed by atoms with van der Waals surface area (Å²) in [7, 11) is 0. The maximum Gasteiger partial charge on any atom is 0.314 e. The van der Waals surface area contributed by atoms with E-state index in [4.69, 9.17) is 11.6 Å². The fourth-order valence-electron chi connectivity index (χ4n) is 3.02. The number of fused-ring (bicyclic) bond motifs is 1. The van der Waals surface area contributed by atoms with Gasteiger partial charge in [0.25, 0.3) is 0 Å². The van der Waals surface area contributed by atoms with Crippen molar-refractivity contribution < 1.29 is 9.59 Å². The average molecular weight is 422 g/mol. The first kappa shape index (κ1) is 20.7. The molecule has 7 nitrogen and oxygen atoms in total. The second kappa shape index (κ2) is 9.45. The van der Waals surface area contributed by atoms with Crippen molar-refractivity contribution >= 4 is 41.0 Å². The maximum absolute atomic E-state index is 12.5. The number of anilines is 1. The number of benzene rings is 1. The predicted octanol–water partition coefficient (Wildman–Crippen LogP) is 2.67. The molecule has 2 amide bonds. The minimum Gasteiger partial charge on any atom is -0.347 e. The van der Waals surface area contributed by atoms with Crippen LogP contribution in [0.5, 0.6) is 0 Å². The van der Waals surface area contributed by atoms with E-state index in [0.717, 1.165) is 41.5 Å². The summed E-state index contributed by atoms with van der Waals surface area (Å²) < 4.78 is 1.67. The normalized spacial score (nSPS) is 12.9. The van der Waals surface area contributed by atoms with Gasteiger partial charge >= 0.3 is 11.8 Å². The van der Waals surface area contributed by atoms with E-state index in [9.17, 15) is 9.59 Å². The summed E-state index contributed by atoms with van der Waals surface area (Å²) in [4.78, 5) is 26.9. The summed E-state index contributed by atoms with van der Waals surface area (Å²) in [6.45, 7) is 7.08. The molecule has 28 heavy (non-hydrogen) atoms. The van der Waals surface area contributed by atoms with Gasteiger partial charge in [0, 0.05) is 35.2 Å². The highest BCUT2D eigenvalue weighted by molar-refractivity contribution is 7.98. The number of likely N-dealkylation sites (N-methyl/N-ethyl adjacent to an activating group) is 1. The van der Waals surface area contributed by atoms with Gasteiger partial charge in [0.05, 0.1) is 11.4 Å². The smallest absolute Gasteiger partial charge is 0.314 e. The minimum absolute atomic E-state index is 0.429. The first-order valence-electron chi connectivity index (χ1n) is 9.29. The summed E-state index contributed by atoms with van der Waals surface area (Å²) in [6, 6.07) is 7.20.